The zero-order valence-electron chi connectivity index (χ0n) is 14.2. The Morgan fingerprint density at radius 1 is 1.42 bits per heavy atom. The number of oxime groups is 1. The smallest absolute Gasteiger partial charge is 0.269 e. The van der Waals surface area contributed by atoms with Gasteiger partial charge in [0.2, 0.25) is 16.3 Å². The number of nitrogens with two attached hydrogens (primary N) is 1. The molecule has 1 aliphatic rings. The van der Waals surface area contributed by atoms with Gasteiger partial charge in [-0.15, -0.1) is 0 Å². The molecule has 0 saturated carbocycles. The van der Waals surface area contributed by atoms with Crippen molar-refractivity contribution in [2.75, 3.05) is 18.9 Å². The monoisotopic (exact) mass is 447 g/mol. The van der Waals surface area contributed by atoms with Crippen molar-refractivity contribution >= 4 is 37.6 Å². The van der Waals surface area contributed by atoms with Crippen molar-refractivity contribution in [3.05, 3.63) is 34.3 Å². The van der Waals surface area contributed by atoms with Gasteiger partial charge in [-0.05, 0) is 30.5 Å². The molecule has 1 aromatic carbocycles. The number of primary sulfonamides is 1. The molecule has 144 valence electrons. The van der Waals surface area contributed by atoms with Crippen LogP contribution in [0.25, 0.3) is 0 Å². The number of hydrogen-bond acceptors (Lipinski definition) is 6. The highest BCUT2D eigenvalue weighted by Crippen LogP contribution is 2.15. The summed E-state index contributed by atoms with van der Waals surface area (Å²) in [4.78, 5) is 17.7. The lowest BCUT2D eigenvalue weighted by atomic mass is 10.1. The SMILES string of the molecule is NS(=O)(=O)CCNC(=O)/C(Cc1cccc(Br)c1)=N/OC1CCCCO1. The number of carbonyl (C=O) groups excluding carboxylic acids is 1. The second-order valence-electron chi connectivity index (χ2n) is 5.87. The van der Waals surface area contributed by atoms with Crippen molar-refractivity contribution in [2.24, 2.45) is 10.3 Å². The van der Waals surface area contributed by atoms with Crippen LogP contribution in [0.15, 0.2) is 33.9 Å². The molecule has 1 fully saturated rings. The second kappa shape index (κ2) is 10.0. The van der Waals surface area contributed by atoms with E-state index in [2.05, 4.69) is 26.4 Å². The van der Waals surface area contributed by atoms with Crippen molar-refractivity contribution < 1.29 is 22.8 Å². The van der Waals surface area contributed by atoms with Crippen LogP contribution in [0.2, 0.25) is 0 Å². The molecule has 3 N–H and O–H groups in total. The Morgan fingerprint density at radius 2 is 2.23 bits per heavy atom. The zero-order chi connectivity index (χ0) is 19.0. The van der Waals surface area contributed by atoms with E-state index in [9.17, 15) is 13.2 Å². The fraction of sp³-hybridized carbons (Fsp3) is 0.500. The summed E-state index contributed by atoms with van der Waals surface area (Å²) < 4.78 is 28.3. The largest absolute Gasteiger partial charge is 0.363 e. The Balaban J connectivity index is 2.04. The molecule has 1 amide bonds. The number of halogens is 1. The molecule has 1 aliphatic heterocycles. The van der Waals surface area contributed by atoms with Gasteiger partial charge < -0.3 is 14.9 Å². The lowest BCUT2D eigenvalue weighted by Crippen LogP contribution is -2.37. The van der Waals surface area contributed by atoms with Crippen LogP contribution in [-0.4, -0.2) is 45.2 Å². The van der Waals surface area contributed by atoms with Crippen LogP contribution in [-0.2, 0) is 30.8 Å². The summed E-state index contributed by atoms with van der Waals surface area (Å²) in [7, 11) is -3.65. The van der Waals surface area contributed by atoms with Crippen LogP contribution >= 0.6 is 15.9 Å². The Hall–Kier alpha value is -1.49. The summed E-state index contributed by atoms with van der Waals surface area (Å²) >= 11 is 3.38. The van der Waals surface area contributed by atoms with Crippen molar-refractivity contribution in [1.82, 2.24) is 5.32 Å². The summed E-state index contributed by atoms with van der Waals surface area (Å²) in [6.45, 7) is 0.497. The van der Waals surface area contributed by atoms with Gasteiger partial charge in [-0.1, -0.05) is 33.2 Å². The van der Waals surface area contributed by atoms with E-state index in [4.69, 9.17) is 14.7 Å². The van der Waals surface area contributed by atoms with Gasteiger partial charge in [0.1, 0.15) is 5.71 Å². The third-order valence-corrected chi connectivity index (χ3v) is 4.88. The van der Waals surface area contributed by atoms with Gasteiger partial charge in [0, 0.05) is 23.9 Å². The van der Waals surface area contributed by atoms with E-state index in [1.165, 1.54) is 0 Å². The predicted molar refractivity (Wildman–Crippen MR) is 101 cm³/mol. The van der Waals surface area contributed by atoms with E-state index in [1.54, 1.807) is 0 Å². The van der Waals surface area contributed by atoms with E-state index in [-0.39, 0.29) is 24.4 Å². The Bertz CT molecular complexity index is 748. The topological polar surface area (TPSA) is 120 Å². The third-order valence-electron chi connectivity index (χ3n) is 3.61. The summed E-state index contributed by atoms with van der Waals surface area (Å²) in [5, 5.41) is 11.4. The van der Waals surface area contributed by atoms with Crippen molar-refractivity contribution in [1.29, 1.82) is 0 Å². The minimum absolute atomic E-state index is 0.102. The van der Waals surface area contributed by atoms with E-state index in [0.717, 1.165) is 22.9 Å². The number of hydrogen-bond donors (Lipinski definition) is 2. The number of nitrogens with one attached hydrogen (secondary N) is 1. The van der Waals surface area contributed by atoms with Gasteiger partial charge in [0.05, 0.1) is 12.4 Å². The first-order valence-electron chi connectivity index (χ1n) is 8.21. The molecule has 0 radical (unpaired) electrons. The molecule has 1 aromatic rings. The minimum Gasteiger partial charge on any atom is -0.363 e. The van der Waals surface area contributed by atoms with E-state index in [0.29, 0.717) is 13.0 Å². The number of sulfonamides is 1. The van der Waals surface area contributed by atoms with E-state index >= 15 is 0 Å². The molecule has 2 rings (SSSR count). The molecular weight excluding hydrogens is 426 g/mol. The van der Waals surface area contributed by atoms with Crippen LogP contribution in [0.5, 0.6) is 0 Å². The maximum Gasteiger partial charge on any atom is 0.269 e. The van der Waals surface area contributed by atoms with Gasteiger partial charge in [0.15, 0.2) is 0 Å². The summed E-state index contributed by atoms with van der Waals surface area (Å²) in [5.41, 5.74) is 0.986. The molecule has 1 heterocycles. The van der Waals surface area contributed by atoms with Crippen LogP contribution < -0.4 is 10.5 Å². The van der Waals surface area contributed by atoms with Gasteiger partial charge >= 0.3 is 0 Å². The maximum absolute atomic E-state index is 12.4. The molecule has 0 spiro atoms. The molecule has 26 heavy (non-hydrogen) atoms. The first kappa shape index (κ1) is 20.8. The fourth-order valence-electron chi connectivity index (χ4n) is 2.32. The molecule has 0 bridgehead atoms. The average Bonchev–Trinajstić information content (AvgIpc) is 2.58. The lowest BCUT2D eigenvalue weighted by molar-refractivity contribution is -0.162. The number of rotatable bonds is 8. The molecule has 1 atom stereocenters. The Labute approximate surface area is 161 Å². The van der Waals surface area contributed by atoms with Crippen LogP contribution in [0.4, 0.5) is 0 Å². The van der Waals surface area contributed by atoms with E-state index < -0.39 is 22.2 Å². The van der Waals surface area contributed by atoms with E-state index in [1.807, 2.05) is 24.3 Å². The fourth-order valence-corrected chi connectivity index (χ4v) is 3.15. The van der Waals surface area contributed by atoms with Crippen LogP contribution in [0.3, 0.4) is 0 Å². The first-order chi connectivity index (χ1) is 12.3. The minimum atomic E-state index is -3.65. The number of nitrogens with zero attached hydrogens (tertiary/aromatic N) is 1. The molecule has 1 saturated heterocycles. The summed E-state index contributed by atoms with van der Waals surface area (Å²) in [5.74, 6) is -0.861. The van der Waals surface area contributed by atoms with Gasteiger partial charge in [-0.3, -0.25) is 4.79 Å². The highest BCUT2D eigenvalue weighted by molar-refractivity contribution is 9.10. The van der Waals surface area contributed by atoms with Crippen LogP contribution in [0.1, 0.15) is 24.8 Å². The molecule has 0 aliphatic carbocycles. The highest BCUT2D eigenvalue weighted by Gasteiger charge is 2.18. The highest BCUT2D eigenvalue weighted by atomic mass is 79.9. The summed E-state index contributed by atoms with van der Waals surface area (Å²) in [6.07, 6.45) is 2.41. The van der Waals surface area contributed by atoms with Crippen LogP contribution in [0, 0.1) is 0 Å². The second-order valence-corrected chi connectivity index (χ2v) is 8.52. The van der Waals surface area contributed by atoms with Gasteiger partial charge in [0.25, 0.3) is 5.91 Å². The summed E-state index contributed by atoms with van der Waals surface area (Å²) in [6, 6.07) is 7.44. The standard InChI is InChI=1S/C16H22BrN3O5S/c17-13-5-3-4-12(10-13)11-14(16(21)19-7-9-26(18,22)23)20-25-15-6-1-2-8-24-15/h3-5,10,15H,1-2,6-9,11H2,(H,19,21)(H2,18,22,23)/b20-14+. The Morgan fingerprint density at radius 3 is 2.88 bits per heavy atom. The average molecular weight is 448 g/mol. The molecular formula is C16H22BrN3O5S. The number of carbonyl (C=O) groups is 1. The maximum atomic E-state index is 12.4. The molecule has 8 nitrogen and oxygen atoms in total. The molecule has 0 aromatic heterocycles. The van der Waals surface area contributed by atoms with Crippen molar-refractivity contribution in [2.45, 2.75) is 32.0 Å². The van der Waals surface area contributed by atoms with Crippen molar-refractivity contribution in [3.63, 3.8) is 0 Å². The van der Waals surface area contributed by atoms with Gasteiger partial charge in [-0.25, -0.2) is 13.6 Å². The Kier molecular flexibility index (Phi) is 8.01. The number of ether oxygens (including phenoxy) is 1. The number of benzene rings is 1. The van der Waals surface area contributed by atoms with Crippen molar-refractivity contribution in [3.8, 4) is 0 Å². The number of amides is 1. The lowest BCUT2D eigenvalue weighted by Gasteiger charge is -2.20. The first-order valence-corrected chi connectivity index (χ1v) is 10.7. The molecule has 10 heteroatoms. The normalized spacial score (nSPS) is 18.4. The zero-order valence-corrected chi connectivity index (χ0v) is 16.6. The predicted octanol–water partition coefficient (Wildman–Crippen LogP) is 1.30. The quantitative estimate of drug-likeness (QED) is 0.459. The molecule has 1 unspecified atom stereocenters. The van der Waals surface area contributed by atoms with Gasteiger partial charge in [-0.2, -0.15) is 0 Å². The third kappa shape index (κ3) is 7.81.